The molecule has 0 aliphatic carbocycles. The van der Waals surface area contributed by atoms with Crippen LogP contribution in [0.3, 0.4) is 0 Å². The zero-order chi connectivity index (χ0) is 18.1. The minimum atomic E-state index is -4.05. The van der Waals surface area contributed by atoms with Crippen LogP contribution < -0.4 is 4.72 Å². The Morgan fingerprint density at radius 1 is 1.29 bits per heavy atom. The van der Waals surface area contributed by atoms with Gasteiger partial charge in [0.25, 0.3) is 10.0 Å². The van der Waals surface area contributed by atoms with Crippen molar-refractivity contribution < 1.29 is 18.0 Å². The van der Waals surface area contributed by atoms with Crippen LogP contribution in [-0.4, -0.2) is 38.2 Å². The molecule has 0 saturated carbocycles. The molecule has 2 rings (SSSR count). The van der Waals surface area contributed by atoms with Gasteiger partial charge >= 0.3 is 0 Å². The van der Waals surface area contributed by atoms with Crippen molar-refractivity contribution in [3.63, 3.8) is 0 Å². The molecule has 1 aliphatic heterocycles. The predicted octanol–water partition coefficient (Wildman–Crippen LogP) is 2.75. The van der Waals surface area contributed by atoms with Gasteiger partial charge in [-0.2, -0.15) is 0 Å². The van der Waals surface area contributed by atoms with Crippen molar-refractivity contribution in [1.29, 1.82) is 0 Å². The van der Waals surface area contributed by atoms with Gasteiger partial charge in [0.1, 0.15) is 9.23 Å². The van der Waals surface area contributed by atoms with Crippen LogP contribution in [0.4, 0.5) is 0 Å². The van der Waals surface area contributed by atoms with Gasteiger partial charge in [0, 0.05) is 24.9 Å². The zero-order valence-electron chi connectivity index (χ0n) is 13.2. The topological polar surface area (TPSA) is 83.6 Å². The Kier molecular flexibility index (Phi) is 6.17. The lowest BCUT2D eigenvalue weighted by molar-refractivity contribution is -0.137. The molecule has 24 heavy (non-hydrogen) atoms. The van der Waals surface area contributed by atoms with E-state index in [1.54, 1.807) is 4.90 Å². The smallest absolute Gasteiger partial charge is 0.266 e. The fraction of sp³-hybridized carbons (Fsp3) is 0.571. The number of carbonyl (C=O) groups is 2. The van der Waals surface area contributed by atoms with E-state index in [1.165, 1.54) is 6.07 Å². The Hall–Kier alpha value is -0.830. The van der Waals surface area contributed by atoms with Gasteiger partial charge in [-0.15, -0.1) is 11.3 Å². The number of amides is 2. The van der Waals surface area contributed by atoms with Gasteiger partial charge in [0.15, 0.2) is 0 Å². The number of carbonyl (C=O) groups excluding carboxylic acids is 2. The number of nitrogens with one attached hydrogen (secondary N) is 1. The van der Waals surface area contributed by atoms with Crippen LogP contribution in [-0.2, 0) is 19.6 Å². The normalized spacial score (nSPS) is 16.5. The third-order valence-corrected chi connectivity index (χ3v) is 6.92. The maximum atomic E-state index is 12.2. The lowest BCUT2D eigenvalue weighted by Gasteiger charge is -2.32. The van der Waals surface area contributed by atoms with E-state index in [9.17, 15) is 18.0 Å². The van der Waals surface area contributed by atoms with Crippen LogP contribution in [0.1, 0.15) is 26.7 Å². The molecule has 0 atom stereocenters. The molecule has 1 aromatic heterocycles. The molecule has 0 bridgehead atoms. The van der Waals surface area contributed by atoms with Crippen LogP contribution in [0.5, 0.6) is 0 Å². The Morgan fingerprint density at radius 3 is 2.33 bits per heavy atom. The molecule has 0 aromatic carbocycles. The first-order valence-corrected chi connectivity index (χ1v) is 10.5. The lowest BCUT2D eigenvalue weighted by atomic mass is 9.95. The molecule has 1 saturated heterocycles. The highest BCUT2D eigenvalue weighted by atomic mass is 35.5. The third kappa shape index (κ3) is 4.41. The summed E-state index contributed by atoms with van der Waals surface area (Å²) in [4.78, 5) is 25.7. The summed E-state index contributed by atoms with van der Waals surface area (Å²) in [6, 6.07) is 1.22. The molecule has 2 heterocycles. The van der Waals surface area contributed by atoms with Gasteiger partial charge in [0.05, 0.1) is 4.34 Å². The SMILES string of the molecule is CC(C)C(=O)N1CCC(C(=O)NS(=O)(=O)c2cc(Cl)sc2Cl)CC1. The van der Waals surface area contributed by atoms with Gasteiger partial charge in [-0.25, -0.2) is 13.1 Å². The van der Waals surface area contributed by atoms with Gasteiger partial charge in [-0.05, 0) is 18.9 Å². The maximum Gasteiger partial charge on any atom is 0.266 e. The summed E-state index contributed by atoms with van der Waals surface area (Å²) < 4.78 is 26.8. The van der Waals surface area contributed by atoms with E-state index >= 15 is 0 Å². The Morgan fingerprint density at radius 2 is 1.88 bits per heavy atom. The lowest BCUT2D eigenvalue weighted by Crippen LogP contribution is -2.45. The van der Waals surface area contributed by atoms with Crippen LogP contribution in [0.15, 0.2) is 11.0 Å². The highest BCUT2D eigenvalue weighted by Crippen LogP contribution is 2.34. The highest BCUT2D eigenvalue weighted by molar-refractivity contribution is 7.90. The van der Waals surface area contributed by atoms with Crippen molar-refractivity contribution in [2.24, 2.45) is 11.8 Å². The number of sulfonamides is 1. The summed E-state index contributed by atoms with van der Waals surface area (Å²) in [6.45, 7) is 4.53. The number of likely N-dealkylation sites (tertiary alicyclic amines) is 1. The summed E-state index contributed by atoms with van der Waals surface area (Å²) in [6.07, 6.45) is 0.857. The maximum absolute atomic E-state index is 12.2. The molecule has 0 unspecified atom stereocenters. The van der Waals surface area contributed by atoms with E-state index in [0.29, 0.717) is 25.9 Å². The largest absolute Gasteiger partial charge is 0.342 e. The van der Waals surface area contributed by atoms with Gasteiger partial charge in [-0.1, -0.05) is 37.0 Å². The number of piperidine rings is 1. The quantitative estimate of drug-likeness (QED) is 0.823. The predicted molar refractivity (Wildman–Crippen MR) is 93.8 cm³/mol. The van der Waals surface area contributed by atoms with Crippen LogP contribution in [0.25, 0.3) is 0 Å². The summed E-state index contributed by atoms with van der Waals surface area (Å²) in [5, 5.41) is 0. The van der Waals surface area contributed by atoms with Crippen LogP contribution >= 0.6 is 34.5 Å². The standard InChI is InChI=1S/C14H18Cl2N2O4S2/c1-8(2)14(20)18-5-3-9(4-6-18)13(19)17-24(21,22)10-7-11(15)23-12(10)16/h7-9H,3-6H2,1-2H3,(H,17,19). The monoisotopic (exact) mass is 412 g/mol. The first-order valence-electron chi connectivity index (χ1n) is 7.42. The minimum absolute atomic E-state index is 0.0117. The second kappa shape index (κ2) is 7.59. The number of rotatable bonds is 4. The van der Waals surface area contributed by atoms with Crippen molar-refractivity contribution in [3.05, 3.63) is 14.7 Å². The van der Waals surface area contributed by atoms with E-state index in [1.807, 2.05) is 13.8 Å². The molecule has 2 amide bonds. The number of halogens is 2. The van der Waals surface area contributed by atoms with E-state index in [4.69, 9.17) is 23.2 Å². The van der Waals surface area contributed by atoms with E-state index in [2.05, 4.69) is 4.72 Å². The molecule has 134 valence electrons. The average Bonchev–Trinajstić information content (AvgIpc) is 2.85. The summed E-state index contributed by atoms with van der Waals surface area (Å²) in [5.74, 6) is -1.09. The molecule has 0 spiro atoms. The molecule has 1 aliphatic rings. The van der Waals surface area contributed by atoms with Crippen molar-refractivity contribution >= 4 is 56.4 Å². The van der Waals surface area contributed by atoms with Crippen LogP contribution in [0, 0.1) is 11.8 Å². The van der Waals surface area contributed by atoms with Gasteiger partial charge in [0.2, 0.25) is 11.8 Å². The molecular formula is C14H18Cl2N2O4S2. The average molecular weight is 413 g/mol. The van der Waals surface area contributed by atoms with Crippen molar-refractivity contribution in [2.45, 2.75) is 31.6 Å². The second-order valence-corrected chi connectivity index (χ2v) is 9.85. The molecule has 10 heteroatoms. The molecule has 1 fully saturated rings. The number of thiophene rings is 1. The van der Waals surface area contributed by atoms with E-state index < -0.39 is 21.8 Å². The molecule has 1 N–H and O–H groups in total. The third-order valence-electron chi connectivity index (χ3n) is 3.82. The van der Waals surface area contributed by atoms with Crippen molar-refractivity contribution in [1.82, 2.24) is 9.62 Å². The number of hydrogen-bond donors (Lipinski definition) is 1. The first-order chi connectivity index (χ1) is 11.1. The molecular weight excluding hydrogens is 395 g/mol. The van der Waals surface area contributed by atoms with E-state index in [-0.39, 0.29) is 25.4 Å². The second-order valence-electron chi connectivity index (χ2n) is 5.91. The summed E-state index contributed by atoms with van der Waals surface area (Å²) >= 11 is 12.5. The summed E-state index contributed by atoms with van der Waals surface area (Å²) in [7, 11) is -4.05. The Bertz CT molecular complexity index is 738. The van der Waals surface area contributed by atoms with Crippen molar-refractivity contribution in [2.75, 3.05) is 13.1 Å². The minimum Gasteiger partial charge on any atom is -0.342 e. The molecule has 0 radical (unpaired) electrons. The molecule has 1 aromatic rings. The van der Waals surface area contributed by atoms with Crippen LogP contribution in [0.2, 0.25) is 8.67 Å². The fourth-order valence-electron chi connectivity index (χ4n) is 2.51. The Balaban J connectivity index is 1.99. The number of hydrogen-bond acceptors (Lipinski definition) is 5. The fourth-order valence-corrected chi connectivity index (χ4v) is 5.70. The Labute approximate surface area is 155 Å². The first kappa shape index (κ1) is 19.5. The molecule has 6 nitrogen and oxygen atoms in total. The van der Waals surface area contributed by atoms with E-state index in [0.717, 1.165) is 11.3 Å². The van der Waals surface area contributed by atoms with Gasteiger partial charge in [-0.3, -0.25) is 9.59 Å². The highest BCUT2D eigenvalue weighted by Gasteiger charge is 2.31. The zero-order valence-corrected chi connectivity index (χ0v) is 16.4. The van der Waals surface area contributed by atoms with Crippen molar-refractivity contribution in [3.8, 4) is 0 Å². The summed E-state index contributed by atoms with van der Waals surface area (Å²) in [5.41, 5.74) is 0. The number of nitrogens with zero attached hydrogens (tertiary/aromatic N) is 1. The van der Waals surface area contributed by atoms with Gasteiger partial charge < -0.3 is 4.90 Å².